The van der Waals surface area contributed by atoms with Crippen molar-refractivity contribution in [3.8, 4) is 0 Å². The number of benzene rings is 2. The van der Waals surface area contributed by atoms with E-state index in [4.69, 9.17) is 5.11 Å². The molecule has 0 radical (unpaired) electrons. The van der Waals surface area contributed by atoms with E-state index in [1.54, 1.807) is 0 Å². The number of aromatic amines is 1. The topological polar surface area (TPSA) is 36.0 Å². The van der Waals surface area contributed by atoms with E-state index in [-0.39, 0.29) is 6.61 Å². The molecule has 0 saturated heterocycles. The highest BCUT2D eigenvalue weighted by Gasteiger charge is 1.87. The number of aliphatic hydroxyl groups excluding tert-OH is 1. The second-order valence-electron chi connectivity index (χ2n) is 4.02. The summed E-state index contributed by atoms with van der Waals surface area (Å²) < 4.78 is 0. The molecule has 0 unspecified atom stereocenters. The standard InChI is InChI=1S/C8H7N.C8H10O/c1-2-4-8-7(3-1)5-6-9-8;9-7-6-8-4-2-1-3-5-8/h1-6,9H;1-5,9H,6-7H2. The van der Waals surface area contributed by atoms with Crippen molar-refractivity contribution in [3.63, 3.8) is 0 Å². The quantitative estimate of drug-likeness (QED) is 0.706. The molecule has 2 aromatic carbocycles. The largest absolute Gasteiger partial charge is 0.396 e. The fourth-order valence-corrected chi connectivity index (χ4v) is 1.77. The first kappa shape index (κ1) is 12.4. The fraction of sp³-hybridized carbons (Fsp3) is 0.125. The van der Waals surface area contributed by atoms with Crippen molar-refractivity contribution in [2.45, 2.75) is 6.42 Å². The Bertz CT molecular complexity index is 541. The third-order valence-corrected chi connectivity index (χ3v) is 2.71. The van der Waals surface area contributed by atoms with Crippen LogP contribution in [0.15, 0.2) is 66.9 Å². The van der Waals surface area contributed by atoms with Crippen LogP contribution in [0.25, 0.3) is 10.9 Å². The summed E-state index contributed by atoms with van der Waals surface area (Å²) in [5.41, 5.74) is 2.40. The Balaban J connectivity index is 0.000000134. The summed E-state index contributed by atoms with van der Waals surface area (Å²) >= 11 is 0. The Labute approximate surface area is 107 Å². The zero-order valence-corrected chi connectivity index (χ0v) is 10.2. The van der Waals surface area contributed by atoms with Crippen LogP contribution in [0.5, 0.6) is 0 Å². The molecule has 3 rings (SSSR count). The van der Waals surface area contributed by atoms with E-state index in [1.165, 1.54) is 16.5 Å². The summed E-state index contributed by atoms with van der Waals surface area (Å²) in [7, 11) is 0. The van der Waals surface area contributed by atoms with Gasteiger partial charge in [0.2, 0.25) is 0 Å². The SMILES string of the molecule is OCCc1ccccc1.c1ccc2[nH]ccc2c1. The monoisotopic (exact) mass is 239 g/mol. The Morgan fingerprint density at radius 1 is 0.833 bits per heavy atom. The molecular weight excluding hydrogens is 222 g/mol. The molecule has 2 heteroatoms. The van der Waals surface area contributed by atoms with Gasteiger partial charge in [-0.25, -0.2) is 0 Å². The lowest BCUT2D eigenvalue weighted by Crippen LogP contribution is -1.88. The zero-order valence-electron chi connectivity index (χ0n) is 10.2. The van der Waals surface area contributed by atoms with Crippen molar-refractivity contribution in [2.24, 2.45) is 0 Å². The number of para-hydroxylation sites is 1. The molecule has 0 saturated carbocycles. The molecule has 0 bridgehead atoms. The molecule has 18 heavy (non-hydrogen) atoms. The van der Waals surface area contributed by atoms with Crippen LogP contribution in [0, 0.1) is 0 Å². The van der Waals surface area contributed by atoms with E-state index < -0.39 is 0 Å². The number of fused-ring (bicyclic) bond motifs is 1. The van der Waals surface area contributed by atoms with Crippen LogP contribution in [0.2, 0.25) is 0 Å². The normalized spacial score (nSPS) is 9.83. The molecule has 0 aliphatic rings. The molecule has 0 fully saturated rings. The number of hydrogen-bond acceptors (Lipinski definition) is 1. The maximum atomic E-state index is 8.52. The molecular formula is C16H17NO. The Hall–Kier alpha value is -2.06. The highest BCUT2D eigenvalue weighted by atomic mass is 16.2. The van der Waals surface area contributed by atoms with Crippen LogP contribution in [0.3, 0.4) is 0 Å². The van der Waals surface area contributed by atoms with Crippen LogP contribution in [-0.4, -0.2) is 16.7 Å². The maximum absolute atomic E-state index is 8.52. The smallest absolute Gasteiger partial charge is 0.0471 e. The number of aliphatic hydroxyl groups is 1. The van der Waals surface area contributed by atoms with Crippen LogP contribution < -0.4 is 0 Å². The van der Waals surface area contributed by atoms with Gasteiger partial charge in [-0.05, 0) is 29.5 Å². The number of rotatable bonds is 2. The maximum Gasteiger partial charge on any atom is 0.0471 e. The first-order valence-corrected chi connectivity index (χ1v) is 6.07. The van der Waals surface area contributed by atoms with Crippen LogP contribution in [0.4, 0.5) is 0 Å². The second kappa shape index (κ2) is 6.62. The Morgan fingerprint density at radius 3 is 2.28 bits per heavy atom. The van der Waals surface area contributed by atoms with Gasteiger partial charge in [-0.2, -0.15) is 0 Å². The number of nitrogens with one attached hydrogen (secondary N) is 1. The van der Waals surface area contributed by atoms with E-state index in [9.17, 15) is 0 Å². The third-order valence-electron chi connectivity index (χ3n) is 2.71. The predicted octanol–water partition coefficient (Wildman–Crippen LogP) is 3.39. The average Bonchev–Trinajstić information content (AvgIpc) is 2.89. The summed E-state index contributed by atoms with van der Waals surface area (Å²) in [6.45, 7) is 0.240. The second-order valence-corrected chi connectivity index (χ2v) is 4.02. The van der Waals surface area contributed by atoms with Crippen LogP contribution >= 0.6 is 0 Å². The molecule has 3 aromatic rings. The molecule has 0 atom stereocenters. The number of aromatic nitrogens is 1. The van der Waals surface area contributed by atoms with Crippen molar-refractivity contribution < 1.29 is 5.11 Å². The highest BCUT2D eigenvalue weighted by molar-refractivity contribution is 5.78. The van der Waals surface area contributed by atoms with Crippen molar-refractivity contribution in [2.75, 3.05) is 6.61 Å². The summed E-state index contributed by atoms with van der Waals surface area (Å²) in [6, 6.07) is 20.2. The molecule has 0 spiro atoms. The van der Waals surface area contributed by atoms with E-state index in [1.807, 2.05) is 48.7 Å². The molecule has 0 aliphatic carbocycles. The minimum Gasteiger partial charge on any atom is -0.396 e. The minimum absolute atomic E-state index is 0.240. The first-order valence-electron chi connectivity index (χ1n) is 6.07. The van der Waals surface area contributed by atoms with Gasteiger partial charge in [0.05, 0.1) is 0 Å². The average molecular weight is 239 g/mol. The highest BCUT2D eigenvalue weighted by Crippen LogP contribution is 2.09. The van der Waals surface area contributed by atoms with E-state index in [2.05, 4.69) is 23.2 Å². The van der Waals surface area contributed by atoms with Crippen LogP contribution in [0.1, 0.15) is 5.56 Å². The van der Waals surface area contributed by atoms with Crippen molar-refractivity contribution >= 4 is 10.9 Å². The summed E-state index contributed by atoms with van der Waals surface area (Å²) in [4.78, 5) is 3.12. The van der Waals surface area contributed by atoms with Gasteiger partial charge in [0, 0.05) is 18.3 Å². The Kier molecular flexibility index (Phi) is 4.56. The predicted molar refractivity (Wildman–Crippen MR) is 75.5 cm³/mol. The zero-order chi connectivity index (χ0) is 12.6. The molecule has 1 heterocycles. The molecule has 2 N–H and O–H groups in total. The van der Waals surface area contributed by atoms with Gasteiger partial charge in [-0.15, -0.1) is 0 Å². The summed E-state index contributed by atoms with van der Waals surface area (Å²) in [5.74, 6) is 0. The molecule has 0 aliphatic heterocycles. The molecule has 1 aromatic heterocycles. The van der Waals surface area contributed by atoms with Crippen molar-refractivity contribution in [1.29, 1.82) is 0 Å². The van der Waals surface area contributed by atoms with Crippen LogP contribution in [-0.2, 0) is 6.42 Å². The minimum atomic E-state index is 0.240. The molecule has 92 valence electrons. The summed E-state index contributed by atoms with van der Waals surface area (Å²) in [5, 5.41) is 9.80. The lowest BCUT2D eigenvalue weighted by atomic mass is 10.2. The lowest BCUT2D eigenvalue weighted by Gasteiger charge is -1.93. The fourth-order valence-electron chi connectivity index (χ4n) is 1.77. The summed E-state index contributed by atoms with van der Waals surface area (Å²) in [6.07, 6.45) is 2.71. The first-order chi connectivity index (χ1) is 8.90. The van der Waals surface area contributed by atoms with E-state index in [0.29, 0.717) is 0 Å². The molecule has 2 nitrogen and oxygen atoms in total. The Morgan fingerprint density at radius 2 is 1.56 bits per heavy atom. The van der Waals surface area contributed by atoms with Gasteiger partial charge in [0.1, 0.15) is 0 Å². The van der Waals surface area contributed by atoms with Gasteiger partial charge >= 0.3 is 0 Å². The lowest BCUT2D eigenvalue weighted by molar-refractivity contribution is 0.299. The van der Waals surface area contributed by atoms with Gasteiger partial charge in [-0.3, -0.25) is 0 Å². The van der Waals surface area contributed by atoms with Crippen molar-refractivity contribution in [3.05, 3.63) is 72.4 Å². The van der Waals surface area contributed by atoms with E-state index in [0.717, 1.165) is 6.42 Å². The third kappa shape index (κ3) is 3.47. The van der Waals surface area contributed by atoms with Gasteiger partial charge in [0.25, 0.3) is 0 Å². The van der Waals surface area contributed by atoms with Gasteiger partial charge < -0.3 is 10.1 Å². The number of H-pyrrole nitrogens is 1. The van der Waals surface area contributed by atoms with E-state index >= 15 is 0 Å². The van der Waals surface area contributed by atoms with Crippen molar-refractivity contribution in [1.82, 2.24) is 4.98 Å². The van der Waals surface area contributed by atoms with Gasteiger partial charge in [0.15, 0.2) is 0 Å². The number of hydrogen-bond donors (Lipinski definition) is 2. The molecule has 0 amide bonds. The van der Waals surface area contributed by atoms with Gasteiger partial charge in [-0.1, -0.05) is 48.5 Å².